The van der Waals surface area contributed by atoms with Crippen molar-refractivity contribution in [3.05, 3.63) is 111 Å². The number of nitrogens with zero attached hydrogens (tertiary/aromatic N) is 1. The summed E-state index contributed by atoms with van der Waals surface area (Å²) in [6, 6.07) is 23.0. The van der Waals surface area contributed by atoms with Crippen molar-refractivity contribution in [3.8, 4) is 5.75 Å². The van der Waals surface area contributed by atoms with Crippen molar-refractivity contribution in [2.24, 2.45) is 0 Å². The topological polar surface area (TPSA) is 75.7 Å². The first kappa shape index (κ1) is 24.7. The summed E-state index contributed by atoms with van der Waals surface area (Å²) in [5.41, 5.74) is 2.97. The maximum absolute atomic E-state index is 13.1. The Labute approximate surface area is 226 Å². The third-order valence-electron chi connectivity index (χ3n) is 6.10. The van der Waals surface area contributed by atoms with Crippen LogP contribution in [0.25, 0.3) is 16.8 Å². The molecule has 0 unspecified atom stereocenters. The second-order valence-electron chi connectivity index (χ2n) is 8.49. The molecule has 0 aromatic heterocycles. The molecule has 8 heteroatoms. The van der Waals surface area contributed by atoms with Crippen molar-refractivity contribution in [2.45, 2.75) is 13.5 Å². The second-order valence-corrected chi connectivity index (χ2v) is 9.79. The molecule has 6 nitrogen and oxygen atoms in total. The Morgan fingerprint density at radius 1 is 0.973 bits per heavy atom. The van der Waals surface area contributed by atoms with Gasteiger partial charge in [0.15, 0.2) is 0 Å². The highest BCUT2D eigenvalue weighted by Crippen LogP contribution is 2.30. The zero-order valence-corrected chi connectivity index (χ0v) is 22.0. The van der Waals surface area contributed by atoms with Crippen LogP contribution in [-0.2, 0) is 16.2 Å². The van der Waals surface area contributed by atoms with Gasteiger partial charge < -0.3 is 4.74 Å². The molecule has 1 N–H and O–H groups in total. The number of nitrogens with one attached hydrogen (secondary N) is 1. The van der Waals surface area contributed by atoms with Gasteiger partial charge in [-0.3, -0.25) is 14.9 Å². The van der Waals surface area contributed by atoms with E-state index < -0.39 is 17.8 Å². The van der Waals surface area contributed by atoms with Crippen molar-refractivity contribution in [2.75, 3.05) is 4.90 Å². The molecule has 5 rings (SSSR count). The van der Waals surface area contributed by atoms with Crippen LogP contribution in [0.2, 0.25) is 5.02 Å². The SMILES string of the molecule is Cc1ccc2ccccc2c1COc1ccc(/C=C2\C(=O)NC(=O)N(c3ccc(Cl)cc3)C2=O)cc1Br. The summed E-state index contributed by atoms with van der Waals surface area (Å²) in [5, 5.41) is 4.97. The number of halogens is 2. The number of amides is 4. The zero-order chi connectivity index (χ0) is 26.1. The number of rotatable bonds is 5. The molecule has 4 aromatic carbocycles. The third kappa shape index (κ3) is 5.01. The van der Waals surface area contributed by atoms with Gasteiger partial charge >= 0.3 is 6.03 Å². The molecule has 0 aliphatic carbocycles. The number of urea groups is 1. The summed E-state index contributed by atoms with van der Waals surface area (Å²) in [5.74, 6) is -0.867. The predicted molar refractivity (Wildman–Crippen MR) is 148 cm³/mol. The molecular formula is C29H20BrClN2O4. The molecule has 0 atom stereocenters. The molecule has 0 spiro atoms. The number of ether oxygens (including phenoxy) is 1. The average molecular weight is 576 g/mol. The third-order valence-corrected chi connectivity index (χ3v) is 6.97. The first-order chi connectivity index (χ1) is 17.8. The lowest BCUT2D eigenvalue weighted by Gasteiger charge is -2.26. The summed E-state index contributed by atoms with van der Waals surface area (Å²) < 4.78 is 6.78. The lowest BCUT2D eigenvalue weighted by molar-refractivity contribution is -0.122. The van der Waals surface area contributed by atoms with Crippen molar-refractivity contribution in [3.63, 3.8) is 0 Å². The smallest absolute Gasteiger partial charge is 0.335 e. The van der Waals surface area contributed by atoms with Gasteiger partial charge in [-0.2, -0.15) is 0 Å². The Balaban J connectivity index is 1.39. The van der Waals surface area contributed by atoms with Crippen molar-refractivity contribution in [1.82, 2.24) is 5.32 Å². The van der Waals surface area contributed by atoms with Crippen LogP contribution in [0.3, 0.4) is 0 Å². The van der Waals surface area contributed by atoms with E-state index in [9.17, 15) is 14.4 Å². The minimum absolute atomic E-state index is 0.165. The Bertz CT molecular complexity index is 1600. The molecule has 0 radical (unpaired) electrons. The van der Waals surface area contributed by atoms with E-state index in [0.717, 1.165) is 26.8 Å². The van der Waals surface area contributed by atoms with E-state index >= 15 is 0 Å². The second kappa shape index (κ2) is 10.2. The van der Waals surface area contributed by atoms with E-state index in [-0.39, 0.29) is 5.57 Å². The van der Waals surface area contributed by atoms with Gasteiger partial charge in [0.05, 0.1) is 10.2 Å². The van der Waals surface area contributed by atoms with Crippen LogP contribution >= 0.6 is 27.5 Å². The van der Waals surface area contributed by atoms with Crippen LogP contribution in [0.1, 0.15) is 16.7 Å². The zero-order valence-electron chi connectivity index (χ0n) is 19.6. The molecule has 0 bridgehead atoms. The van der Waals surface area contributed by atoms with Gasteiger partial charge in [0, 0.05) is 10.6 Å². The van der Waals surface area contributed by atoms with Crippen LogP contribution in [0.5, 0.6) is 5.75 Å². The Morgan fingerprint density at radius 2 is 1.73 bits per heavy atom. The monoisotopic (exact) mass is 574 g/mol. The molecule has 4 amide bonds. The minimum Gasteiger partial charge on any atom is -0.488 e. The number of fused-ring (bicyclic) bond motifs is 1. The van der Waals surface area contributed by atoms with E-state index in [2.05, 4.69) is 52.4 Å². The fourth-order valence-electron chi connectivity index (χ4n) is 4.16. The van der Waals surface area contributed by atoms with E-state index in [1.165, 1.54) is 18.2 Å². The lowest BCUT2D eigenvalue weighted by atomic mass is 10.0. The Hall–Kier alpha value is -3.94. The highest BCUT2D eigenvalue weighted by Gasteiger charge is 2.36. The van der Waals surface area contributed by atoms with Gasteiger partial charge in [0.2, 0.25) is 0 Å². The van der Waals surface area contributed by atoms with Gasteiger partial charge in [0.1, 0.15) is 17.9 Å². The number of carbonyl (C=O) groups is 3. The first-order valence-electron chi connectivity index (χ1n) is 11.4. The lowest BCUT2D eigenvalue weighted by Crippen LogP contribution is -2.54. The van der Waals surface area contributed by atoms with E-state index in [1.54, 1.807) is 30.3 Å². The molecule has 1 saturated heterocycles. The van der Waals surface area contributed by atoms with Crippen LogP contribution < -0.4 is 15.0 Å². The molecule has 1 aliphatic rings. The number of aryl methyl sites for hydroxylation is 1. The molecular weight excluding hydrogens is 556 g/mol. The summed E-state index contributed by atoms with van der Waals surface area (Å²) in [7, 11) is 0. The molecule has 184 valence electrons. The Morgan fingerprint density at radius 3 is 2.49 bits per heavy atom. The van der Waals surface area contributed by atoms with Crippen molar-refractivity contribution < 1.29 is 19.1 Å². The molecule has 0 saturated carbocycles. The fourth-order valence-corrected chi connectivity index (χ4v) is 4.80. The number of imide groups is 2. The Kier molecular flexibility index (Phi) is 6.82. The molecule has 1 aliphatic heterocycles. The summed E-state index contributed by atoms with van der Waals surface area (Å²) in [4.78, 5) is 38.9. The standard InChI is InChI=1S/C29H20BrClN2O4/c1-17-6-8-19-4-2-3-5-22(19)24(17)16-37-26-13-7-18(15-25(26)30)14-23-27(34)32-29(36)33(28(23)35)21-11-9-20(31)10-12-21/h2-15H,16H2,1H3,(H,32,34,36)/b23-14+. The molecule has 4 aromatic rings. The van der Waals surface area contributed by atoms with Crippen molar-refractivity contribution in [1.29, 1.82) is 0 Å². The van der Waals surface area contributed by atoms with E-state index in [4.69, 9.17) is 16.3 Å². The summed E-state index contributed by atoms with van der Waals surface area (Å²) >= 11 is 9.45. The normalized spacial score (nSPS) is 14.8. The van der Waals surface area contributed by atoms with Gasteiger partial charge in [-0.15, -0.1) is 0 Å². The quantitative estimate of drug-likeness (QED) is 0.210. The number of carbonyl (C=O) groups excluding carboxylic acids is 3. The van der Waals surface area contributed by atoms with E-state index in [1.807, 2.05) is 12.1 Å². The first-order valence-corrected chi connectivity index (χ1v) is 12.6. The van der Waals surface area contributed by atoms with Gasteiger partial charge in [-0.05, 0) is 87.2 Å². The average Bonchev–Trinajstić information content (AvgIpc) is 2.88. The number of barbiturate groups is 1. The van der Waals surface area contributed by atoms with E-state index in [0.29, 0.717) is 33.1 Å². The van der Waals surface area contributed by atoms with Gasteiger partial charge in [0.25, 0.3) is 11.8 Å². The molecule has 1 heterocycles. The fraction of sp³-hybridized carbons (Fsp3) is 0.0690. The number of anilines is 1. The summed E-state index contributed by atoms with van der Waals surface area (Å²) in [6.07, 6.45) is 1.44. The number of hydrogen-bond donors (Lipinski definition) is 1. The number of benzene rings is 4. The van der Waals surface area contributed by atoms with Crippen LogP contribution in [0, 0.1) is 6.92 Å². The molecule has 1 fully saturated rings. The van der Waals surface area contributed by atoms with Crippen LogP contribution in [0.4, 0.5) is 10.5 Å². The van der Waals surface area contributed by atoms with Crippen LogP contribution in [0.15, 0.2) is 88.9 Å². The summed E-state index contributed by atoms with van der Waals surface area (Å²) in [6.45, 7) is 2.44. The predicted octanol–water partition coefficient (Wildman–Crippen LogP) is 6.81. The maximum atomic E-state index is 13.1. The largest absolute Gasteiger partial charge is 0.488 e. The highest BCUT2D eigenvalue weighted by molar-refractivity contribution is 9.10. The van der Waals surface area contributed by atoms with Crippen molar-refractivity contribution >= 4 is 67.9 Å². The minimum atomic E-state index is -0.817. The van der Waals surface area contributed by atoms with Crippen LogP contribution in [-0.4, -0.2) is 17.8 Å². The highest BCUT2D eigenvalue weighted by atomic mass is 79.9. The maximum Gasteiger partial charge on any atom is 0.335 e. The molecule has 37 heavy (non-hydrogen) atoms. The van der Waals surface area contributed by atoms with Gasteiger partial charge in [-0.25, -0.2) is 9.69 Å². The van der Waals surface area contributed by atoms with Gasteiger partial charge in [-0.1, -0.05) is 54.1 Å². The number of hydrogen-bond acceptors (Lipinski definition) is 4.